The molecule has 0 aromatic rings. The SMILES string of the molecule is CCOCCC(=O)NCCOCCOCCNC(=O)[C@H](CCCCNC(=O)/C=C(C)/C=C/C=C(C)/C=C/C1=C(C)CCCC1(C)C)NC(=O)/C=C(C)/C=C/C=C(C)/C=C/C1=C(C)CCCC1(C)C. The highest BCUT2D eigenvalue weighted by Crippen LogP contribution is 2.41. The van der Waals surface area contributed by atoms with Crippen molar-refractivity contribution in [3.8, 4) is 0 Å². The lowest BCUT2D eigenvalue weighted by Crippen LogP contribution is -2.47. The molecule has 0 aromatic heterocycles. The van der Waals surface area contributed by atoms with E-state index in [1.807, 2.05) is 51.2 Å². The van der Waals surface area contributed by atoms with Gasteiger partial charge in [0.25, 0.3) is 0 Å². The summed E-state index contributed by atoms with van der Waals surface area (Å²) in [7, 11) is 0. The minimum absolute atomic E-state index is 0.0801. The topological polar surface area (TPSA) is 144 Å². The second kappa shape index (κ2) is 32.8. The molecule has 1 atom stereocenters. The highest BCUT2D eigenvalue weighted by molar-refractivity contribution is 5.93. The molecule has 0 fully saturated rings. The van der Waals surface area contributed by atoms with Crippen LogP contribution in [0.4, 0.5) is 0 Å². The van der Waals surface area contributed by atoms with Crippen LogP contribution in [-0.2, 0) is 33.4 Å². The number of ether oxygens (including phenoxy) is 3. The van der Waals surface area contributed by atoms with E-state index >= 15 is 0 Å². The molecule has 0 saturated carbocycles. The van der Waals surface area contributed by atoms with Crippen LogP contribution in [0.5, 0.6) is 0 Å². The molecule has 378 valence electrons. The third-order valence-electron chi connectivity index (χ3n) is 12.3. The van der Waals surface area contributed by atoms with Crippen LogP contribution in [0.3, 0.4) is 0 Å². The fourth-order valence-electron chi connectivity index (χ4n) is 8.34. The van der Waals surface area contributed by atoms with Gasteiger partial charge in [-0.05, 0) is 139 Å². The van der Waals surface area contributed by atoms with Crippen LogP contribution >= 0.6 is 0 Å². The van der Waals surface area contributed by atoms with Gasteiger partial charge in [0.2, 0.25) is 23.6 Å². The van der Waals surface area contributed by atoms with Gasteiger partial charge in [0, 0.05) is 44.8 Å². The van der Waals surface area contributed by atoms with Crippen molar-refractivity contribution in [2.75, 3.05) is 59.3 Å². The normalized spacial score (nSPS) is 17.8. The molecule has 4 N–H and O–H groups in total. The van der Waals surface area contributed by atoms with E-state index in [0.717, 1.165) is 35.1 Å². The van der Waals surface area contributed by atoms with E-state index in [0.29, 0.717) is 71.8 Å². The molecule has 11 heteroatoms. The van der Waals surface area contributed by atoms with Crippen molar-refractivity contribution in [3.63, 3.8) is 0 Å². The van der Waals surface area contributed by atoms with Crippen molar-refractivity contribution < 1.29 is 33.4 Å². The minimum Gasteiger partial charge on any atom is -0.381 e. The Labute approximate surface area is 410 Å². The maximum atomic E-state index is 13.4. The molecule has 0 saturated heterocycles. The van der Waals surface area contributed by atoms with Crippen molar-refractivity contribution in [1.82, 2.24) is 21.3 Å². The molecular formula is C57H88N4O7. The molecule has 0 unspecified atom stereocenters. The molecule has 0 aromatic carbocycles. The van der Waals surface area contributed by atoms with Gasteiger partial charge in [-0.2, -0.15) is 0 Å². The zero-order valence-electron chi connectivity index (χ0n) is 43.8. The van der Waals surface area contributed by atoms with Crippen molar-refractivity contribution in [3.05, 3.63) is 117 Å². The highest BCUT2D eigenvalue weighted by atomic mass is 16.5. The molecule has 4 amide bonds. The van der Waals surface area contributed by atoms with Crippen molar-refractivity contribution in [2.45, 2.75) is 146 Å². The van der Waals surface area contributed by atoms with Gasteiger partial charge in [-0.15, -0.1) is 0 Å². The average molecular weight is 941 g/mol. The first-order chi connectivity index (χ1) is 32.3. The van der Waals surface area contributed by atoms with Crippen molar-refractivity contribution in [1.29, 1.82) is 0 Å². The van der Waals surface area contributed by atoms with E-state index in [1.54, 1.807) is 6.08 Å². The summed E-state index contributed by atoms with van der Waals surface area (Å²) in [6, 6.07) is -0.777. The molecule has 2 aliphatic carbocycles. The zero-order valence-corrected chi connectivity index (χ0v) is 43.8. The summed E-state index contributed by atoms with van der Waals surface area (Å²) in [4.78, 5) is 51.0. The Morgan fingerprint density at radius 3 is 1.63 bits per heavy atom. The Balaban J connectivity index is 1.92. The standard InChI is InChI=1S/C57H88N4O7/c1-12-66-36-30-52(62)59-34-37-67-39-40-68-38-35-60-55(65)51(61-54(64)42-46(5)22-16-20-44(3)27-29-50-48(7)24-18-32-57(50,10)11)25-13-14-33-58-53(63)41-45(4)21-15-19-43(2)26-28-49-47(6)23-17-31-56(49,8)9/h15-16,19-22,26-29,41-42,51H,12-14,17-18,23-25,30-40H2,1-11H3,(H,58,63)(H,59,62)(H,60,65)(H,61,64)/b21-15+,22-16+,28-26+,29-27+,43-19+,44-20+,45-41+,46-42+/t51-/m0/s1. The lowest BCUT2D eigenvalue weighted by molar-refractivity contribution is -0.127. The van der Waals surface area contributed by atoms with Gasteiger partial charge in [-0.25, -0.2) is 0 Å². The summed E-state index contributed by atoms with van der Waals surface area (Å²) < 4.78 is 16.3. The number of carbonyl (C=O) groups excluding carboxylic acids is 4. The molecule has 2 rings (SSSR count). The summed E-state index contributed by atoms with van der Waals surface area (Å²) in [5.74, 6) is -0.935. The number of unbranched alkanes of at least 4 members (excludes halogenated alkanes) is 1. The maximum Gasteiger partial charge on any atom is 0.244 e. The Bertz CT molecular complexity index is 1950. The number of hydrogen-bond acceptors (Lipinski definition) is 7. The first kappa shape index (κ1) is 59.3. The second-order valence-corrected chi connectivity index (χ2v) is 19.5. The van der Waals surface area contributed by atoms with Gasteiger partial charge < -0.3 is 35.5 Å². The predicted octanol–water partition coefficient (Wildman–Crippen LogP) is 10.5. The van der Waals surface area contributed by atoms with E-state index in [-0.39, 0.29) is 47.6 Å². The molecule has 0 bridgehead atoms. The molecule has 0 spiro atoms. The van der Waals surface area contributed by atoms with Gasteiger partial charge in [0.05, 0.1) is 33.0 Å². The van der Waals surface area contributed by atoms with Crippen LogP contribution in [0.2, 0.25) is 0 Å². The highest BCUT2D eigenvalue weighted by Gasteiger charge is 2.27. The Morgan fingerprint density at radius 1 is 0.603 bits per heavy atom. The minimum atomic E-state index is -0.777. The van der Waals surface area contributed by atoms with E-state index in [9.17, 15) is 19.2 Å². The fourth-order valence-corrected chi connectivity index (χ4v) is 8.34. The predicted molar refractivity (Wildman–Crippen MR) is 280 cm³/mol. The van der Waals surface area contributed by atoms with Gasteiger partial charge in [0.15, 0.2) is 0 Å². The van der Waals surface area contributed by atoms with Crippen LogP contribution in [0.25, 0.3) is 0 Å². The molecule has 2 aliphatic rings. The molecule has 11 nitrogen and oxygen atoms in total. The summed E-state index contributed by atoms with van der Waals surface area (Å²) in [6.07, 6.45) is 32.8. The molecular weight excluding hydrogens is 853 g/mol. The van der Waals surface area contributed by atoms with E-state index in [4.69, 9.17) is 14.2 Å². The van der Waals surface area contributed by atoms with Crippen LogP contribution in [0.1, 0.15) is 140 Å². The number of allylic oxidation sites excluding steroid dienone is 18. The monoisotopic (exact) mass is 941 g/mol. The van der Waals surface area contributed by atoms with Crippen molar-refractivity contribution >= 4 is 23.6 Å². The number of amides is 4. The lowest BCUT2D eigenvalue weighted by Gasteiger charge is -2.33. The van der Waals surface area contributed by atoms with E-state index in [1.165, 1.54) is 54.1 Å². The third-order valence-corrected chi connectivity index (χ3v) is 12.3. The van der Waals surface area contributed by atoms with Gasteiger partial charge in [-0.3, -0.25) is 19.2 Å². The second-order valence-electron chi connectivity index (χ2n) is 19.5. The Kier molecular flexibility index (Phi) is 28.6. The molecule has 0 heterocycles. The quantitative estimate of drug-likeness (QED) is 0.0319. The van der Waals surface area contributed by atoms with Gasteiger partial charge in [0.1, 0.15) is 6.04 Å². The summed E-state index contributed by atoms with van der Waals surface area (Å²) in [5.41, 5.74) is 9.99. The van der Waals surface area contributed by atoms with Crippen LogP contribution in [-0.4, -0.2) is 88.9 Å². The van der Waals surface area contributed by atoms with Crippen LogP contribution in [0, 0.1) is 10.8 Å². The summed E-state index contributed by atoms with van der Waals surface area (Å²) >= 11 is 0. The molecule has 0 radical (unpaired) electrons. The Hall–Kier alpha value is -4.84. The van der Waals surface area contributed by atoms with E-state index < -0.39 is 6.04 Å². The van der Waals surface area contributed by atoms with Crippen molar-refractivity contribution in [2.24, 2.45) is 10.8 Å². The molecule has 68 heavy (non-hydrogen) atoms. The van der Waals surface area contributed by atoms with Crippen LogP contribution < -0.4 is 21.3 Å². The fraction of sp³-hybridized carbons (Fsp3) is 0.579. The van der Waals surface area contributed by atoms with Crippen LogP contribution in [0.15, 0.2) is 117 Å². The van der Waals surface area contributed by atoms with E-state index in [2.05, 4.69) is 107 Å². The summed E-state index contributed by atoms with van der Waals surface area (Å²) in [5, 5.41) is 11.5. The third kappa shape index (κ3) is 25.5. The average Bonchev–Trinajstić information content (AvgIpc) is 3.25. The lowest BCUT2D eigenvalue weighted by atomic mass is 9.72. The van der Waals surface area contributed by atoms with Gasteiger partial charge >= 0.3 is 0 Å². The number of rotatable bonds is 30. The first-order valence-electron chi connectivity index (χ1n) is 25.0. The Morgan fingerprint density at radius 2 is 1.12 bits per heavy atom. The maximum absolute atomic E-state index is 13.4. The number of carbonyl (C=O) groups is 4. The zero-order chi connectivity index (χ0) is 50.4. The van der Waals surface area contributed by atoms with Gasteiger partial charge in [-0.1, -0.05) is 111 Å². The number of hydrogen-bond donors (Lipinski definition) is 4. The summed E-state index contributed by atoms with van der Waals surface area (Å²) in [6.45, 7) is 26.9. The first-order valence-corrected chi connectivity index (χ1v) is 25.0. The molecule has 0 aliphatic heterocycles. The largest absolute Gasteiger partial charge is 0.381 e. The smallest absolute Gasteiger partial charge is 0.244 e. The number of nitrogens with one attached hydrogen (secondary N) is 4.